The van der Waals surface area contributed by atoms with Gasteiger partial charge in [-0.3, -0.25) is 4.79 Å². The molecule has 4 nitrogen and oxygen atoms in total. The van der Waals surface area contributed by atoms with Crippen LogP contribution in [0.2, 0.25) is 0 Å². The Morgan fingerprint density at radius 2 is 2.17 bits per heavy atom. The summed E-state index contributed by atoms with van der Waals surface area (Å²) in [4.78, 5) is 11.3. The first-order valence-corrected chi connectivity index (χ1v) is 6.36. The molecule has 0 aromatic heterocycles. The highest BCUT2D eigenvalue weighted by molar-refractivity contribution is 5.75. The molecule has 0 bridgehead atoms. The van der Waals surface area contributed by atoms with Crippen LogP contribution in [-0.4, -0.2) is 26.1 Å². The highest BCUT2D eigenvalue weighted by Crippen LogP contribution is 2.11. The number of nitrogens with one attached hydrogen (secondary N) is 2. The lowest BCUT2D eigenvalue weighted by Gasteiger charge is -2.07. The van der Waals surface area contributed by atoms with E-state index in [0.29, 0.717) is 13.0 Å². The van der Waals surface area contributed by atoms with Gasteiger partial charge in [0, 0.05) is 26.1 Å². The quantitative estimate of drug-likeness (QED) is 0.690. The zero-order valence-corrected chi connectivity index (χ0v) is 11.2. The van der Waals surface area contributed by atoms with E-state index in [4.69, 9.17) is 4.74 Å². The molecule has 0 atom stereocenters. The lowest BCUT2D eigenvalue weighted by Crippen LogP contribution is -2.28. The molecule has 0 spiro atoms. The highest BCUT2D eigenvalue weighted by atomic mass is 16.5. The Labute approximate surface area is 109 Å². The van der Waals surface area contributed by atoms with Crippen LogP contribution in [0.4, 0.5) is 0 Å². The van der Waals surface area contributed by atoms with Crippen LogP contribution in [0.5, 0.6) is 5.75 Å². The number of rotatable bonds is 8. The number of methoxy groups -OCH3 is 1. The Bertz CT molecular complexity index is 367. The zero-order valence-electron chi connectivity index (χ0n) is 11.2. The average Bonchev–Trinajstić information content (AvgIpc) is 2.41. The molecule has 1 amide bonds. The van der Waals surface area contributed by atoms with E-state index in [2.05, 4.69) is 10.6 Å². The maximum Gasteiger partial charge on any atom is 0.221 e. The summed E-state index contributed by atoms with van der Waals surface area (Å²) in [5.74, 6) is 0.963. The van der Waals surface area contributed by atoms with Gasteiger partial charge in [0.05, 0.1) is 7.11 Å². The van der Waals surface area contributed by atoms with Gasteiger partial charge in [0.2, 0.25) is 5.91 Å². The van der Waals surface area contributed by atoms with Crippen molar-refractivity contribution in [3.05, 3.63) is 29.8 Å². The molecule has 0 unspecified atom stereocenters. The first-order chi connectivity index (χ1) is 8.76. The molecule has 0 aliphatic carbocycles. The van der Waals surface area contributed by atoms with Crippen LogP contribution in [0, 0.1) is 0 Å². The molecule has 0 aliphatic rings. The summed E-state index contributed by atoms with van der Waals surface area (Å²) in [6, 6.07) is 7.91. The van der Waals surface area contributed by atoms with Gasteiger partial charge in [-0.05, 0) is 24.1 Å². The SMILES string of the molecule is CCCNC(=O)CCNCc1cccc(OC)c1. The Morgan fingerprint density at radius 1 is 1.33 bits per heavy atom. The summed E-state index contributed by atoms with van der Waals surface area (Å²) in [6.45, 7) is 4.24. The lowest BCUT2D eigenvalue weighted by atomic mass is 10.2. The van der Waals surface area contributed by atoms with Gasteiger partial charge in [0.1, 0.15) is 5.75 Å². The van der Waals surface area contributed by atoms with E-state index in [-0.39, 0.29) is 5.91 Å². The molecule has 100 valence electrons. The number of benzene rings is 1. The predicted molar refractivity (Wildman–Crippen MR) is 72.6 cm³/mol. The van der Waals surface area contributed by atoms with Crippen molar-refractivity contribution < 1.29 is 9.53 Å². The molecule has 1 aromatic carbocycles. The summed E-state index contributed by atoms with van der Waals surface area (Å²) in [6.07, 6.45) is 1.49. The van der Waals surface area contributed by atoms with E-state index >= 15 is 0 Å². The molecule has 4 heteroatoms. The molecule has 0 radical (unpaired) electrons. The fourth-order valence-electron chi connectivity index (χ4n) is 1.57. The standard InChI is InChI=1S/C14H22N2O2/c1-3-8-16-14(17)7-9-15-11-12-5-4-6-13(10-12)18-2/h4-6,10,15H,3,7-9,11H2,1-2H3,(H,16,17). The minimum atomic E-state index is 0.106. The van der Waals surface area contributed by atoms with Crippen LogP contribution in [0.3, 0.4) is 0 Å². The molecule has 0 fully saturated rings. The third-order valence-electron chi connectivity index (χ3n) is 2.56. The van der Waals surface area contributed by atoms with Crippen molar-refractivity contribution in [2.45, 2.75) is 26.3 Å². The summed E-state index contributed by atoms with van der Waals surface area (Å²) < 4.78 is 5.15. The molecule has 2 N–H and O–H groups in total. The first-order valence-electron chi connectivity index (χ1n) is 6.36. The van der Waals surface area contributed by atoms with E-state index < -0.39 is 0 Å². The van der Waals surface area contributed by atoms with Gasteiger partial charge in [0.25, 0.3) is 0 Å². The van der Waals surface area contributed by atoms with Gasteiger partial charge >= 0.3 is 0 Å². The van der Waals surface area contributed by atoms with Crippen molar-refractivity contribution >= 4 is 5.91 Å². The summed E-state index contributed by atoms with van der Waals surface area (Å²) in [5, 5.41) is 6.09. The number of ether oxygens (including phenoxy) is 1. The molecule has 18 heavy (non-hydrogen) atoms. The Morgan fingerprint density at radius 3 is 2.89 bits per heavy atom. The minimum absolute atomic E-state index is 0.106. The molecular formula is C14H22N2O2. The molecule has 0 saturated heterocycles. The van der Waals surface area contributed by atoms with Crippen molar-refractivity contribution in [3.8, 4) is 5.75 Å². The second-order valence-electron chi connectivity index (χ2n) is 4.13. The van der Waals surface area contributed by atoms with Gasteiger partial charge < -0.3 is 15.4 Å². The molecule has 0 saturated carbocycles. The molecular weight excluding hydrogens is 228 g/mol. The van der Waals surface area contributed by atoms with E-state index in [1.54, 1.807) is 7.11 Å². The van der Waals surface area contributed by atoms with E-state index in [1.165, 1.54) is 0 Å². The number of amides is 1. The number of carbonyl (C=O) groups is 1. The topological polar surface area (TPSA) is 50.4 Å². The van der Waals surface area contributed by atoms with Crippen LogP contribution < -0.4 is 15.4 Å². The summed E-state index contributed by atoms with van der Waals surface area (Å²) in [5.41, 5.74) is 1.16. The van der Waals surface area contributed by atoms with Gasteiger partial charge in [-0.2, -0.15) is 0 Å². The van der Waals surface area contributed by atoms with E-state index in [0.717, 1.165) is 30.8 Å². The van der Waals surface area contributed by atoms with Gasteiger partial charge in [0.15, 0.2) is 0 Å². The maximum absolute atomic E-state index is 11.3. The smallest absolute Gasteiger partial charge is 0.221 e. The van der Waals surface area contributed by atoms with Crippen LogP contribution in [0.25, 0.3) is 0 Å². The maximum atomic E-state index is 11.3. The normalized spacial score (nSPS) is 10.1. The number of carbonyl (C=O) groups excluding carboxylic acids is 1. The van der Waals surface area contributed by atoms with Crippen molar-refractivity contribution in [2.75, 3.05) is 20.2 Å². The third-order valence-corrected chi connectivity index (χ3v) is 2.56. The van der Waals surface area contributed by atoms with Crippen LogP contribution in [0.15, 0.2) is 24.3 Å². The van der Waals surface area contributed by atoms with Gasteiger partial charge in [-0.1, -0.05) is 19.1 Å². The number of hydrogen-bond donors (Lipinski definition) is 2. The van der Waals surface area contributed by atoms with Crippen LogP contribution in [0.1, 0.15) is 25.3 Å². The molecule has 0 aliphatic heterocycles. The second kappa shape index (κ2) is 8.53. The monoisotopic (exact) mass is 250 g/mol. The average molecular weight is 250 g/mol. The fraction of sp³-hybridized carbons (Fsp3) is 0.500. The van der Waals surface area contributed by atoms with Crippen molar-refractivity contribution in [3.63, 3.8) is 0 Å². The third kappa shape index (κ3) is 5.68. The van der Waals surface area contributed by atoms with Crippen molar-refractivity contribution in [1.29, 1.82) is 0 Å². The Balaban J connectivity index is 2.19. The molecule has 1 aromatic rings. The van der Waals surface area contributed by atoms with Crippen molar-refractivity contribution in [2.24, 2.45) is 0 Å². The van der Waals surface area contributed by atoms with Gasteiger partial charge in [-0.25, -0.2) is 0 Å². The predicted octanol–water partition coefficient (Wildman–Crippen LogP) is 1.70. The van der Waals surface area contributed by atoms with Gasteiger partial charge in [-0.15, -0.1) is 0 Å². The largest absolute Gasteiger partial charge is 0.497 e. The van der Waals surface area contributed by atoms with E-state index in [9.17, 15) is 4.79 Å². The minimum Gasteiger partial charge on any atom is -0.497 e. The molecule has 0 heterocycles. The van der Waals surface area contributed by atoms with Crippen molar-refractivity contribution in [1.82, 2.24) is 10.6 Å². The van der Waals surface area contributed by atoms with Crippen LogP contribution in [-0.2, 0) is 11.3 Å². The first kappa shape index (κ1) is 14.5. The Kier molecular flexibility index (Phi) is 6.87. The summed E-state index contributed by atoms with van der Waals surface area (Å²) >= 11 is 0. The van der Waals surface area contributed by atoms with Crippen LogP contribution >= 0.6 is 0 Å². The van der Waals surface area contributed by atoms with E-state index in [1.807, 2.05) is 31.2 Å². The Hall–Kier alpha value is -1.55. The fourth-order valence-corrected chi connectivity index (χ4v) is 1.57. The zero-order chi connectivity index (χ0) is 13.2. The number of hydrogen-bond acceptors (Lipinski definition) is 3. The second-order valence-corrected chi connectivity index (χ2v) is 4.13. The molecule has 1 rings (SSSR count). The summed E-state index contributed by atoms with van der Waals surface area (Å²) in [7, 11) is 1.66. The highest BCUT2D eigenvalue weighted by Gasteiger charge is 2.00. The lowest BCUT2D eigenvalue weighted by molar-refractivity contribution is -0.120.